The molecule has 0 fully saturated rings. The normalized spacial score (nSPS) is 12.2. The molecule has 40 heavy (non-hydrogen) atoms. The molecule has 0 bridgehead atoms. The topological polar surface area (TPSA) is 138 Å². The number of ether oxygens (including phenoxy) is 1. The van der Waals surface area contributed by atoms with Crippen molar-refractivity contribution in [2.75, 3.05) is 25.2 Å². The van der Waals surface area contributed by atoms with Gasteiger partial charge in [0.05, 0.1) is 13.3 Å². The fraction of sp³-hybridized carbons (Fsp3) is 0.222. The highest BCUT2D eigenvalue weighted by Gasteiger charge is 2.25. The first kappa shape index (κ1) is 28.4. The van der Waals surface area contributed by atoms with Crippen molar-refractivity contribution in [1.82, 2.24) is 14.8 Å². The van der Waals surface area contributed by atoms with Crippen LogP contribution in [-0.2, 0) is 4.79 Å². The zero-order valence-electron chi connectivity index (χ0n) is 21.7. The van der Waals surface area contributed by atoms with Crippen LogP contribution in [0.4, 0.5) is 20.2 Å². The molecule has 2 aromatic carbocycles. The summed E-state index contributed by atoms with van der Waals surface area (Å²) >= 11 is 6.23. The van der Waals surface area contributed by atoms with Crippen molar-refractivity contribution in [1.29, 1.82) is 0 Å². The lowest BCUT2D eigenvalue weighted by Gasteiger charge is -2.20. The highest BCUT2D eigenvalue weighted by molar-refractivity contribution is 6.31. The van der Waals surface area contributed by atoms with Crippen LogP contribution in [0.5, 0.6) is 5.75 Å². The second-order valence-electron chi connectivity index (χ2n) is 8.58. The van der Waals surface area contributed by atoms with Gasteiger partial charge in [0.2, 0.25) is 11.8 Å². The molecule has 2 heterocycles. The van der Waals surface area contributed by atoms with Gasteiger partial charge < -0.3 is 20.2 Å². The summed E-state index contributed by atoms with van der Waals surface area (Å²) in [5.41, 5.74) is 7.94. The van der Waals surface area contributed by atoms with Crippen molar-refractivity contribution in [2.45, 2.75) is 25.8 Å². The van der Waals surface area contributed by atoms with Crippen LogP contribution >= 0.6 is 11.6 Å². The number of nitrogens with two attached hydrogens (primary N) is 1. The van der Waals surface area contributed by atoms with Crippen LogP contribution in [-0.4, -0.2) is 41.0 Å². The van der Waals surface area contributed by atoms with Gasteiger partial charge in [-0.25, -0.2) is 0 Å². The number of nitrogen functional groups attached to an aromatic ring is 1. The molecule has 10 nitrogen and oxygen atoms in total. The van der Waals surface area contributed by atoms with Crippen molar-refractivity contribution >= 4 is 35.1 Å². The van der Waals surface area contributed by atoms with E-state index in [1.807, 2.05) is 0 Å². The van der Waals surface area contributed by atoms with Gasteiger partial charge in [0, 0.05) is 52.4 Å². The number of hydrogen-bond acceptors (Lipinski definition) is 8. The van der Waals surface area contributed by atoms with Gasteiger partial charge >= 0.3 is 6.43 Å². The molecule has 0 radical (unpaired) electrons. The molecule has 1 atom stereocenters. The zero-order valence-corrected chi connectivity index (χ0v) is 22.4. The van der Waals surface area contributed by atoms with Gasteiger partial charge in [-0.3, -0.25) is 19.1 Å². The van der Waals surface area contributed by atoms with Crippen LogP contribution in [0, 0.1) is 0 Å². The molecule has 0 aliphatic rings. The largest absolute Gasteiger partial charge is 0.495 e. The number of benzene rings is 2. The molecule has 1 unspecified atom stereocenters. The Hall–Kier alpha value is -4.58. The molecule has 4 aromatic rings. The molecule has 208 valence electrons. The lowest BCUT2D eigenvalue weighted by Crippen LogP contribution is -2.32. The summed E-state index contributed by atoms with van der Waals surface area (Å²) in [4.78, 5) is 30.6. The zero-order chi connectivity index (χ0) is 29.0. The number of anilines is 2. The van der Waals surface area contributed by atoms with Gasteiger partial charge in [0.25, 0.3) is 11.4 Å². The Balaban J connectivity index is 1.74. The minimum Gasteiger partial charge on any atom is -0.495 e. The number of hydrogen-bond donors (Lipinski definition) is 2. The number of nitrogens with one attached hydrogen (secondary N) is 1. The molecule has 13 heteroatoms. The van der Waals surface area contributed by atoms with E-state index in [-0.39, 0.29) is 29.2 Å². The van der Waals surface area contributed by atoms with E-state index in [4.69, 9.17) is 26.5 Å². The SMILES string of the molecule is CCC(C(=O)Nc1ccc(N)c(C=NC)c1)n1cc(OC)c(-c2cc(Cl)ccc2-c2nnc(C(F)F)o2)cc1=O. The maximum absolute atomic E-state index is 13.4. The minimum absolute atomic E-state index is 0.185. The summed E-state index contributed by atoms with van der Waals surface area (Å²) in [5.74, 6) is -1.24. The second kappa shape index (κ2) is 12.1. The van der Waals surface area contributed by atoms with Crippen molar-refractivity contribution in [3.63, 3.8) is 0 Å². The molecule has 3 N–H and O–H groups in total. The number of aliphatic imine (C=N–C) groups is 1. The van der Waals surface area contributed by atoms with E-state index in [1.165, 1.54) is 42.1 Å². The van der Waals surface area contributed by atoms with E-state index in [0.717, 1.165) is 0 Å². The number of halogens is 3. The first-order chi connectivity index (χ1) is 19.2. The molecule has 0 aliphatic heterocycles. The molecule has 4 rings (SSSR count). The highest BCUT2D eigenvalue weighted by atomic mass is 35.5. The number of rotatable bonds is 9. The van der Waals surface area contributed by atoms with Crippen molar-refractivity contribution < 1.29 is 22.7 Å². The third kappa shape index (κ3) is 5.86. The Morgan fingerprint density at radius 2 is 1.98 bits per heavy atom. The first-order valence-electron chi connectivity index (χ1n) is 12.0. The standard InChI is InChI=1S/C27H25ClF2N6O4/c1-4-21(25(38)33-16-6-8-20(31)14(9-16)12-32-2)36-13-22(39-3)19(11-23(36)37)18-10-15(28)5-7-17(18)26-34-35-27(40-26)24(29)30/h5-13,21,24H,4,31H2,1-3H3,(H,33,38). The Bertz CT molecular complexity index is 1640. The summed E-state index contributed by atoms with van der Waals surface area (Å²) in [6, 6.07) is 9.91. The van der Waals surface area contributed by atoms with Gasteiger partial charge in [-0.05, 0) is 48.4 Å². The number of nitrogens with zero attached hydrogens (tertiary/aromatic N) is 4. The fourth-order valence-corrected chi connectivity index (χ4v) is 4.31. The van der Waals surface area contributed by atoms with E-state index >= 15 is 0 Å². The number of pyridine rings is 1. The number of aromatic nitrogens is 3. The van der Waals surface area contributed by atoms with Gasteiger partial charge in [0.1, 0.15) is 11.8 Å². The average Bonchev–Trinajstić information content (AvgIpc) is 3.42. The van der Waals surface area contributed by atoms with E-state index in [9.17, 15) is 18.4 Å². The Morgan fingerprint density at radius 3 is 2.62 bits per heavy atom. The van der Waals surface area contributed by atoms with Gasteiger partial charge in [-0.2, -0.15) is 8.78 Å². The van der Waals surface area contributed by atoms with Gasteiger partial charge in [-0.15, -0.1) is 10.2 Å². The van der Waals surface area contributed by atoms with E-state index in [2.05, 4.69) is 20.5 Å². The number of carbonyl (C=O) groups excluding carboxylic acids is 1. The monoisotopic (exact) mass is 570 g/mol. The Kier molecular flexibility index (Phi) is 8.58. The third-order valence-corrected chi connectivity index (χ3v) is 6.28. The molecule has 1 amide bonds. The molecule has 0 saturated heterocycles. The number of carbonyl (C=O) groups is 1. The summed E-state index contributed by atoms with van der Waals surface area (Å²) in [6.45, 7) is 1.76. The summed E-state index contributed by atoms with van der Waals surface area (Å²) < 4.78 is 38.1. The average molecular weight is 571 g/mol. The van der Waals surface area contributed by atoms with E-state index in [1.54, 1.807) is 38.4 Å². The van der Waals surface area contributed by atoms with Crippen LogP contribution in [0.3, 0.4) is 0 Å². The predicted octanol–water partition coefficient (Wildman–Crippen LogP) is 5.39. The number of alkyl halides is 2. The summed E-state index contributed by atoms with van der Waals surface area (Å²) in [5, 5.41) is 10.2. The third-order valence-electron chi connectivity index (χ3n) is 6.04. The summed E-state index contributed by atoms with van der Waals surface area (Å²) in [6.07, 6.45) is 0.315. The van der Waals surface area contributed by atoms with Crippen LogP contribution < -0.4 is 21.3 Å². The molecular weight excluding hydrogens is 546 g/mol. The smallest absolute Gasteiger partial charge is 0.314 e. The van der Waals surface area contributed by atoms with Crippen molar-refractivity contribution in [2.24, 2.45) is 4.99 Å². The highest BCUT2D eigenvalue weighted by Crippen LogP contribution is 2.38. The Morgan fingerprint density at radius 1 is 1.20 bits per heavy atom. The maximum Gasteiger partial charge on any atom is 0.314 e. The first-order valence-corrected chi connectivity index (χ1v) is 12.4. The Labute approximate surface area is 232 Å². The molecule has 0 spiro atoms. The van der Waals surface area contributed by atoms with Crippen LogP contribution in [0.2, 0.25) is 5.02 Å². The van der Waals surface area contributed by atoms with Gasteiger partial charge in [-0.1, -0.05) is 18.5 Å². The van der Waals surface area contributed by atoms with E-state index < -0.39 is 29.8 Å². The van der Waals surface area contributed by atoms with Crippen LogP contribution in [0.25, 0.3) is 22.6 Å². The van der Waals surface area contributed by atoms with Crippen LogP contribution in [0.1, 0.15) is 37.3 Å². The molecule has 2 aromatic heterocycles. The van der Waals surface area contributed by atoms with Gasteiger partial charge in [0.15, 0.2) is 0 Å². The minimum atomic E-state index is -2.95. The van der Waals surface area contributed by atoms with Crippen LogP contribution in [0.15, 0.2) is 62.9 Å². The second-order valence-corrected chi connectivity index (χ2v) is 9.02. The molecular formula is C27H25ClF2N6O4. The lowest BCUT2D eigenvalue weighted by atomic mass is 9.99. The molecule has 0 saturated carbocycles. The lowest BCUT2D eigenvalue weighted by molar-refractivity contribution is -0.119. The summed E-state index contributed by atoms with van der Waals surface area (Å²) in [7, 11) is 3.00. The molecule has 0 aliphatic carbocycles. The fourth-order valence-electron chi connectivity index (χ4n) is 4.14. The van der Waals surface area contributed by atoms with Crippen molar-refractivity contribution in [3.8, 4) is 28.3 Å². The maximum atomic E-state index is 13.4. The number of methoxy groups -OCH3 is 1. The van der Waals surface area contributed by atoms with Crippen molar-refractivity contribution in [3.05, 3.63) is 75.5 Å². The van der Waals surface area contributed by atoms with E-state index in [0.29, 0.717) is 27.5 Å². The predicted molar refractivity (Wildman–Crippen MR) is 148 cm³/mol. The number of amides is 1. The quantitative estimate of drug-likeness (QED) is 0.203.